The van der Waals surface area contributed by atoms with Gasteiger partial charge in [0, 0.05) is 0 Å². The van der Waals surface area contributed by atoms with Crippen LogP contribution in [0.15, 0.2) is 42.5 Å². The van der Waals surface area contributed by atoms with Crippen molar-refractivity contribution < 1.29 is 14.3 Å². The van der Waals surface area contributed by atoms with E-state index < -0.39 is 6.10 Å². The van der Waals surface area contributed by atoms with Gasteiger partial charge in [-0.25, -0.2) is 0 Å². The Hall–Kier alpha value is -2.82. The number of rotatable bonds is 2. The number of hydrogen-bond acceptors (Lipinski definition) is 3. The van der Waals surface area contributed by atoms with E-state index in [1.807, 2.05) is 6.07 Å². The average molecular weight is 364 g/mol. The Morgan fingerprint density at radius 2 is 1.96 bits per heavy atom. The molecule has 0 bridgehead atoms. The van der Waals surface area contributed by atoms with Crippen LogP contribution in [0.5, 0.6) is 5.75 Å². The fraction of sp³-hybridized carbons (Fsp3) is 0.364. The molecule has 2 unspecified atom stereocenters. The second kappa shape index (κ2) is 6.41. The fourth-order valence-electron chi connectivity index (χ4n) is 4.00. The molecule has 1 heterocycles. The Kier molecular flexibility index (Phi) is 4.17. The number of hydrogen-bond donors (Lipinski definition) is 2. The maximum atomic E-state index is 13.0. The Bertz CT molecular complexity index is 920. The van der Waals surface area contributed by atoms with E-state index in [9.17, 15) is 9.59 Å². The molecule has 27 heavy (non-hydrogen) atoms. The van der Waals surface area contributed by atoms with Crippen molar-refractivity contribution in [3.05, 3.63) is 59.2 Å². The van der Waals surface area contributed by atoms with Gasteiger partial charge in [0.2, 0.25) is 0 Å². The van der Waals surface area contributed by atoms with Crippen LogP contribution in [-0.4, -0.2) is 17.9 Å². The lowest BCUT2D eigenvalue weighted by Crippen LogP contribution is -2.38. The summed E-state index contributed by atoms with van der Waals surface area (Å²) in [5, 5.41) is 5.96. The molecule has 5 nitrogen and oxygen atoms in total. The van der Waals surface area contributed by atoms with Gasteiger partial charge in [-0.05, 0) is 48.4 Å². The Labute approximate surface area is 159 Å². The number of carbonyl (C=O) groups excluding carboxylic acids is 2. The van der Waals surface area contributed by atoms with E-state index in [1.165, 1.54) is 11.1 Å². The van der Waals surface area contributed by atoms with Crippen molar-refractivity contribution in [2.75, 3.05) is 5.32 Å². The zero-order chi connectivity index (χ0) is 19.2. The van der Waals surface area contributed by atoms with Crippen molar-refractivity contribution in [3.63, 3.8) is 0 Å². The van der Waals surface area contributed by atoms with Gasteiger partial charge in [-0.15, -0.1) is 0 Å². The van der Waals surface area contributed by atoms with Crippen molar-refractivity contribution in [2.45, 2.75) is 51.2 Å². The molecule has 2 aromatic rings. The third kappa shape index (κ3) is 3.07. The minimum Gasteiger partial charge on any atom is -0.478 e. The maximum Gasteiger partial charge on any atom is 0.265 e. The number of ether oxygens (including phenoxy) is 1. The standard InChI is InChI=1S/C22H24N2O3/c1-13-20(25)24-18-10-6-8-15(19(18)27-13)21(26)23-17-11-12-22(2,3)16-9-5-4-7-14(16)17/h4-10,13,17H,11-12H2,1-3H3,(H,23,26)(H,24,25). The molecule has 0 fully saturated rings. The summed E-state index contributed by atoms with van der Waals surface area (Å²) in [5.74, 6) is 0.0460. The molecule has 2 N–H and O–H groups in total. The second-order valence-corrected chi connectivity index (χ2v) is 7.97. The molecule has 2 atom stereocenters. The summed E-state index contributed by atoms with van der Waals surface area (Å²) in [6.07, 6.45) is 1.27. The van der Waals surface area contributed by atoms with Crippen LogP contribution < -0.4 is 15.4 Å². The SMILES string of the molecule is CC1Oc2c(cccc2C(=O)NC2CCC(C)(C)c3ccccc32)NC1=O. The highest BCUT2D eigenvalue weighted by molar-refractivity contribution is 6.04. The number of anilines is 1. The molecular weight excluding hydrogens is 340 g/mol. The van der Waals surface area contributed by atoms with Crippen LogP contribution in [0.4, 0.5) is 5.69 Å². The third-order valence-electron chi connectivity index (χ3n) is 5.61. The smallest absolute Gasteiger partial charge is 0.265 e. The Balaban J connectivity index is 1.63. The molecule has 1 aliphatic carbocycles. The highest BCUT2D eigenvalue weighted by atomic mass is 16.5. The van der Waals surface area contributed by atoms with Crippen LogP contribution in [0.3, 0.4) is 0 Å². The van der Waals surface area contributed by atoms with Crippen LogP contribution in [-0.2, 0) is 10.2 Å². The number of para-hydroxylation sites is 1. The first-order valence-corrected chi connectivity index (χ1v) is 9.37. The monoisotopic (exact) mass is 364 g/mol. The second-order valence-electron chi connectivity index (χ2n) is 7.97. The summed E-state index contributed by atoms with van der Waals surface area (Å²) in [6.45, 7) is 6.16. The van der Waals surface area contributed by atoms with Gasteiger partial charge in [0.25, 0.3) is 11.8 Å². The fourth-order valence-corrected chi connectivity index (χ4v) is 4.00. The van der Waals surface area contributed by atoms with Crippen molar-refractivity contribution in [2.24, 2.45) is 0 Å². The van der Waals surface area contributed by atoms with E-state index in [-0.39, 0.29) is 23.3 Å². The first-order valence-electron chi connectivity index (χ1n) is 9.37. The highest BCUT2D eigenvalue weighted by Gasteiger charge is 2.34. The molecule has 2 aromatic carbocycles. The molecule has 1 aliphatic heterocycles. The van der Waals surface area contributed by atoms with Crippen LogP contribution in [0.1, 0.15) is 61.1 Å². The van der Waals surface area contributed by atoms with Gasteiger partial charge in [0.1, 0.15) is 0 Å². The molecule has 0 radical (unpaired) electrons. The lowest BCUT2D eigenvalue weighted by atomic mass is 9.71. The number of amides is 2. The molecular formula is C22H24N2O3. The van der Waals surface area contributed by atoms with Gasteiger partial charge in [-0.2, -0.15) is 0 Å². The topological polar surface area (TPSA) is 67.4 Å². The van der Waals surface area contributed by atoms with Crippen molar-refractivity contribution in [1.29, 1.82) is 0 Å². The van der Waals surface area contributed by atoms with Crippen molar-refractivity contribution in [1.82, 2.24) is 5.32 Å². The van der Waals surface area contributed by atoms with E-state index in [1.54, 1.807) is 25.1 Å². The molecule has 5 heteroatoms. The molecule has 2 aliphatic rings. The zero-order valence-electron chi connectivity index (χ0n) is 15.8. The van der Waals surface area contributed by atoms with Gasteiger partial charge in [0.15, 0.2) is 11.9 Å². The lowest BCUT2D eigenvalue weighted by Gasteiger charge is -2.37. The van der Waals surface area contributed by atoms with Crippen molar-refractivity contribution in [3.8, 4) is 5.75 Å². The largest absolute Gasteiger partial charge is 0.478 e. The highest BCUT2D eigenvalue weighted by Crippen LogP contribution is 2.42. The molecule has 4 rings (SSSR count). The number of carbonyl (C=O) groups is 2. The minimum atomic E-state index is -0.623. The van der Waals surface area contributed by atoms with Gasteiger partial charge in [0.05, 0.1) is 17.3 Å². The first-order chi connectivity index (χ1) is 12.9. The van der Waals surface area contributed by atoms with E-state index >= 15 is 0 Å². The first kappa shape index (κ1) is 17.6. The van der Waals surface area contributed by atoms with E-state index in [2.05, 4.69) is 42.7 Å². The predicted octanol–water partition coefficient (Wildman–Crippen LogP) is 3.95. The summed E-state index contributed by atoms with van der Waals surface area (Å²) in [7, 11) is 0. The summed E-state index contributed by atoms with van der Waals surface area (Å²) < 4.78 is 5.72. The summed E-state index contributed by atoms with van der Waals surface area (Å²) in [6, 6.07) is 13.5. The third-order valence-corrected chi connectivity index (χ3v) is 5.61. The summed E-state index contributed by atoms with van der Waals surface area (Å²) >= 11 is 0. The normalized spacial score (nSPS) is 22.7. The maximum absolute atomic E-state index is 13.0. The molecule has 2 amide bonds. The van der Waals surface area contributed by atoms with Crippen LogP contribution in [0.2, 0.25) is 0 Å². The van der Waals surface area contributed by atoms with E-state index in [0.29, 0.717) is 17.0 Å². The van der Waals surface area contributed by atoms with E-state index in [0.717, 1.165) is 12.8 Å². The number of fused-ring (bicyclic) bond motifs is 2. The van der Waals surface area contributed by atoms with Crippen LogP contribution in [0, 0.1) is 0 Å². The van der Waals surface area contributed by atoms with Crippen molar-refractivity contribution >= 4 is 17.5 Å². The molecule has 140 valence electrons. The minimum absolute atomic E-state index is 0.0341. The molecule has 0 saturated carbocycles. The van der Waals surface area contributed by atoms with Crippen LogP contribution >= 0.6 is 0 Å². The van der Waals surface area contributed by atoms with Gasteiger partial charge in [-0.3, -0.25) is 9.59 Å². The van der Waals surface area contributed by atoms with Crippen LogP contribution in [0.25, 0.3) is 0 Å². The molecule has 0 aromatic heterocycles. The average Bonchev–Trinajstić information content (AvgIpc) is 2.65. The molecule has 0 saturated heterocycles. The Morgan fingerprint density at radius 1 is 1.19 bits per heavy atom. The Morgan fingerprint density at radius 3 is 2.78 bits per heavy atom. The zero-order valence-corrected chi connectivity index (χ0v) is 15.8. The summed E-state index contributed by atoms with van der Waals surface area (Å²) in [5.41, 5.74) is 3.55. The lowest BCUT2D eigenvalue weighted by molar-refractivity contribution is -0.122. The van der Waals surface area contributed by atoms with E-state index in [4.69, 9.17) is 4.74 Å². The molecule has 0 spiro atoms. The quantitative estimate of drug-likeness (QED) is 0.848. The van der Waals surface area contributed by atoms with Gasteiger partial charge < -0.3 is 15.4 Å². The van der Waals surface area contributed by atoms with Gasteiger partial charge in [-0.1, -0.05) is 44.2 Å². The summed E-state index contributed by atoms with van der Waals surface area (Å²) in [4.78, 5) is 24.9. The number of nitrogens with one attached hydrogen (secondary N) is 2. The predicted molar refractivity (Wildman–Crippen MR) is 104 cm³/mol. The number of benzene rings is 2. The van der Waals surface area contributed by atoms with Gasteiger partial charge >= 0.3 is 0 Å².